The molecule has 26 heavy (non-hydrogen) atoms. The van der Waals surface area contributed by atoms with Crippen LogP contribution in [-0.4, -0.2) is 25.9 Å². The van der Waals surface area contributed by atoms with Crippen LogP contribution in [0, 0.1) is 0 Å². The van der Waals surface area contributed by atoms with Gasteiger partial charge < -0.3 is 24.6 Å². The summed E-state index contributed by atoms with van der Waals surface area (Å²) in [5, 5.41) is 12.6. The molecule has 0 radical (unpaired) electrons. The van der Waals surface area contributed by atoms with Crippen LogP contribution < -0.4 is 19.5 Å². The van der Waals surface area contributed by atoms with Gasteiger partial charge in [-0.15, -0.1) is 0 Å². The summed E-state index contributed by atoms with van der Waals surface area (Å²) in [7, 11) is 3.27. The number of nitrogens with one attached hydrogen (secondary N) is 1. The number of benzene rings is 2. The minimum atomic E-state index is 0.0290. The van der Waals surface area contributed by atoms with Crippen LogP contribution in [-0.2, 0) is 13.2 Å². The van der Waals surface area contributed by atoms with E-state index >= 15 is 0 Å². The van der Waals surface area contributed by atoms with E-state index in [0.717, 1.165) is 36.1 Å². The SMILES string of the molecule is CCCCCOc1c(OC)cc(CNc2cccc(CO)c2)cc1OC. The van der Waals surface area contributed by atoms with Gasteiger partial charge in [0.15, 0.2) is 11.5 Å². The monoisotopic (exact) mass is 359 g/mol. The molecule has 0 heterocycles. The number of rotatable bonds is 11. The van der Waals surface area contributed by atoms with E-state index in [4.69, 9.17) is 14.2 Å². The predicted molar refractivity (Wildman–Crippen MR) is 104 cm³/mol. The van der Waals surface area contributed by atoms with Crippen LogP contribution in [0.5, 0.6) is 17.2 Å². The Morgan fingerprint density at radius 1 is 0.962 bits per heavy atom. The third-order valence-corrected chi connectivity index (χ3v) is 4.12. The van der Waals surface area contributed by atoms with Gasteiger partial charge in [0.05, 0.1) is 27.4 Å². The molecule has 0 atom stereocenters. The lowest BCUT2D eigenvalue weighted by atomic mass is 10.1. The maximum Gasteiger partial charge on any atom is 0.203 e. The number of methoxy groups -OCH3 is 2. The average molecular weight is 359 g/mol. The molecule has 5 heteroatoms. The molecule has 0 saturated heterocycles. The quantitative estimate of drug-likeness (QED) is 0.583. The molecule has 142 valence electrons. The smallest absolute Gasteiger partial charge is 0.203 e. The van der Waals surface area contributed by atoms with Crippen molar-refractivity contribution in [1.82, 2.24) is 0 Å². The van der Waals surface area contributed by atoms with Crippen LogP contribution in [0.3, 0.4) is 0 Å². The lowest BCUT2D eigenvalue weighted by molar-refractivity contribution is 0.268. The van der Waals surface area contributed by atoms with Crippen molar-refractivity contribution in [2.45, 2.75) is 39.3 Å². The summed E-state index contributed by atoms with van der Waals surface area (Å²) in [6.07, 6.45) is 3.30. The highest BCUT2D eigenvalue weighted by atomic mass is 16.5. The van der Waals surface area contributed by atoms with Crippen molar-refractivity contribution >= 4 is 5.69 Å². The summed E-state index contributed by atoms with van der Waals surface area (Å²) < 4.78 is 16.9. The van der Waals surface area contributed by atoms with Gasteiger partial charge in [-0.1, -0.05) is 31.9 Å². The van der Waals surface area contributed by atoms with E-state index in [9.17, 15) is 5.11 Å². The number of anilines is 1. The zero-order chi connectivity index (χ0) is 18.8. The van der Waals surface area contributed by atoms with Crippen molar-refractivity contribution < 1.29 is 19.3 Å². The molecule has 0 aliphatic rings. The first-order chi connectivity index (χ1) is 12.7. The highest BCUT2D eigenvalue weighted by Gasteiger charge is 2.14. The van der Waals surface area contributed by atoms with Gasteiger partial charge in [0.25, 0.3) is 0 Å². The standard InChI is InChI=1S/C21H29NO4/c1-4-5-6-10-26-21-19(24-2)12-17(13-20(21)25-3)14-22-18-9-7-8-16(11-18)15-23/h7-9,11-13,22-23H,4-6,10,14-15H2,1-3H3. The zero-order valence-corrected chi connectivity index (χ0v) is 15.9. The van der Waals surface area contributed by atoms with Crippen molar-refractivity contribution in [3.63, 3.8) is 0 Å². The molecule has 0 fully saturated rings. The van der Waals surface area contributed by atoms with Crippen LogP contribution >= 0.6 is 0 Å². The number of aliphatic hydroxyl groups is 1. The lowest BCUT2D eigenvalue weighted by Gasteiger charge is -2.17. The molecule has 2 aromatic rings. The van der Waals surface area contributed by atoms with Crippen molar-refractivity contribution in [2.75, 3.05) is 26.1 Å². The summed E-state index contributed by atoms with van der Waals surface area (Å²) in [5.41, 5.74) is 2.85. The first-order valence-corrected chi connectivity index (χ1v) is 9.03. The van der Waals surface area contributed by atoms with Gasteiger partial charge in [-0.25, -0.2) is 0 Å². The van der Waals surface area contributed by atoms with Crippen molar-refractivity contribution in [3.8, 4) is 17.2 Å². The Hall–Kier alpha value is -2.40. The predicted octanol–water partition coefficient (Wildman–Crippen LogP) is 4.38. The molecule has 0 aromatic heterocycles. The van der Waals surface area contributed by atoms with E-state index in [0.29, 0.717) is 30.4 Å². The molecule has 0 aliphatic heterocycles. The fourth-order valence-corrected chi connectivity index (χ4v) is 2.69. The van der Waals surface area contributed by atoms with Crippen molar-refractivity contribution in [2.24, 2.45) is 0 Å². The normalized spacial score (nSPS) is 10.5. The second kappa shape index (κ2) is 10.6. The minimum absolute atomic E-state index is 0.0290. The summed E-state index contributed by atoms with van der Waals surface area (Å²) in [4.78, 5) is 0. The van der Waals surface area contributed by atoms with E-state index in [1.54, 1.807) is 14.2 Å². The van der Waals surface area contributed by atoms with Gasteiger partial charge in [0, 0.05) is 12.2 Å². The topological polar surface area (TPSA) is 60.0 Å². The molecule has 2 aromatic carbocycles. The largest absolute Gasteiger partial charge is 0.493 e. The van der Waals surface area contributed by atoms with Gasteiger partial charge in [-0.2, -0.15) is 0 Å². The first-order valence-electron chi connectivity index (χ1n) is 9.03. The Morgan fingerprint density at radius 2 is 1.69 bits per heavy atom. The summed E-state index contributed by atoms with van der Waals surface area (Å²) >= 11 is 0. The van der Waals surface area contributed by atoms with E-state index in [-0.39, 0.29) is 6.61 Å². The molecule has 0 spiro atoms. The second-order valence-electron chi connectivity index (χ2n) is 6.10. The van der Waals surface area contributed by atoms with Gasteiger partial charge in [0.1, 0.15) is 0 Å². The fourth-order valence-electron chi connectivity index (χ4n) is 2.69. The van der Waals surface area contributed by atoms with E-state index < -0.39 is 0 Å². The highest BCUT2D eigenvalue weighted by molar-refractivity contribution is 5.55. The number of hydrogen-bond donors (Lipinski definition) is 2. The summed E-state index contributed by atoms with van der Waals surface area (Å²) in [6, 6.07) is 11.6. The number of hydrogen-bond acceptors (Lipinski definition) is 5. The van der Waals surface area contributed by atoms with Crippen LogP contribution in [0.15, 0.2) is 36.4 Å². The molecule has 0 aliphatic carbocycles. The number of ether oxygens (including phenoxy) is 3. The highest BCUT2D eigenvalue weighted by Crippen LogP contribution is 2.39. The molecule has 2 rings (SSSR count). The molecule has 0 amide bonds. The Kier molecular flexibility index (Phi) is 8.09. The molecule has 2 N–H and O–H groups in total. The van der Waals surface area contributed by atoms with Gasteiger partial charge in [0.2, 0.25) is 5.75 Å². The summed E-state index contributed by atoms with van der Waals surface area (Å²) in [6.45, 7) is 3.45. The van der Waals surface area contributed by atoms with Gasteiger partial charge in [-0.3, -0.25) is 0 Å². The second-order valence-corrected chi connectivity index (χ2v) is 6.10. The van der Waals surface area contributed by atoms with Crippen molar-refractivity contribution in [1.29, 1.82) is 0 Å². The summed E-state index contributed by atoms with van der Waals surface area (Å²) in [5.74, 6) is 1.99. The maximum absolute atomic E-state index is 9.24. The Bertz CT molecular complexity index is 662. The third-order valence-electron chi connectivity index (χ3n) is 4.12. The maximum atomic E-state index is 9.24. The van der Waals surface area contributed by atoms with Crippen molar-refractivity contribution in [3.05, 3.63) is 47.5 Å². The van der Waals surface area contributed by atoms with Crippen LogP contribution in [0.2, 0.25) is 0 Å². The van der Waals surface area contributed by atoms with Crippen LogP contribution in [0.4, 0.5) is 5.69 Å². The number of unbranched alkanes of at least 4 members (excludes halogenated alkanes) is 2. The zero-order valence-electron chi connectivity index (χ0n) is 15.9. The molecule has 0 bridgehead atoms. The molecular formula is C21H29NO4. The Labute approximate surface area is 155 Å². The van der Waals surface area contributed by atoms with E-state index in [2.05, 4.69) is 12.2 Å². The van der Waals surface area contributed by atoms with Gasteiger partial charge >= 0.3 is 0 Å². The fraction of sp³-hybridized carbons (Fsp3) is 0.429. The van der Waals surface area contributed by atoms with Gasteiger partial charge in [-0.05, 0) is 41.8 Å². The molecule has 5 nitrogen and oxygen atoms in total. The molecule has 0 unspecified atom stereocenters. The lowest BCUT2D eigenvalue weighted by Crippen LogP contribution is -2.05. The Morgan fingerprint density at radius 3 is 2.31 bits per heavy atom. The molecular weight excluding hydrogens is 330 g/mol. The minimum Gasteiger partial charge on any atom is -0.493 e. The third kappa shape index (κ3) is 5.56. The van der Waals surface area contributed by atoms with Crippen LogP contribution in [0.25, 0.3) is 0 Å². The van der Waals surface area contributed by atoms with E-state index in [1.807, 2.05) is 36.4 Å². The first kappa shape index (κ1) is 19.9. The molecule has 0 saturated carbocycles. The van der Waals surface area contributed by atoms with E-state index in [1.165, 1.54) is 0 Å². The van der Waals surface area contributed by atoms with Crippen LogP contribution in [0.1, 0.15) is 37.3 Å². The average Bonchev–Trinajstić information content (AvgIpc) is 2.69. The number of aliphatic hydroxyl groups excluding tert-OH is 1. The Balaban J connectivity index is 2.11.